The van der Waals surface area contributed by atoms with E-state index in [1.165, 1.54) is 18.3 Å². The molecule has 138 valence electrons. The Morgan fingerprint density at radius 2 is 2.15 bits per heavy atom. The van der Waals surface area contributed by atoms with Gasteiger partial charge in [-0.1, -0.05) is 18.2 Å². The number of hydrogen-bond donors (Lipinski definition) is 1. The normalized spacial score (nSPS) is 19.0. The standard InChI is InChI=1S/C19H17FN4O3/c1-27-19(26)15-8-12-11-4-2-3-5-13(11)23-17(12)18(24(15)16(25)9-20)14-6-7-21-10-22-14/h2-7,10,15,18,23H,8-9H2,1H3/t15-,18?/m0/s1. The van der Waals surface area contributed by atoms with Gasteiger partial charge in [0.05, 0.1) is 12.8 Å². The lowest BCUT2D eigenvalue weighted by Crippen LogP contribution is -2.52. The van der Waals surface area contributed by atoms with Crippen molar-refractivity contribution in [2.45, 2.75) is 18.5 Å². The van der Waals surface area contributed by atoms with Crippen molar-refractivity contribution in [3.8, 4) is 0 Å². The molecule has 1 N–H and O–H groups in total. The molecule has 0 spiro atoms. The Morgan fingerprint density at radius 3 is 2.85 bits per heavy atom. The van der Waals surface area contributed by atoms with Gasteiger partial charge in [-0.15, -0.1) is 0 Å². The number of esters is 1. The van der Waals surface area contributed by atoms with Gasteiger partial charge in [-0.3, -0.25) is 4.79 Å². The quantitative estimate of drug-likeness (QED) is 0.714. The number of carbonyl (C=O) groups is 2. The molecule has 3 heterocycles. The van der Waals surface area contributed by atoms with Crippen LogP contribution in [0.2, 0.25) is 0 Å². The molecule has 1 unspecified atom stereocenters. The van der Waals surface area contributed by atoms with Crippen molar-refractivity contribution < 1.29 is 18.7 Å². The molecule has 0 saturated carbocycles. The SMILES string of the molecule is COC(=O)[C@@H]1Cc2c([nH]c3ccccc23)C(c2ccncn2)N1C(=O)CF. The molecule has 2 aromatic heterocycles. The fraction of sp³-hybridized carbons (Fsp3) is 0.263. The molecule has 1 aliphatic heterocycles. The van der Waals surface area contributed by atoms with Crippen molar-refractivity contribution in [3.63, 3.8) is 0 Å². The average Bonchev–Trinajstić information content (AvgIpc) is 3.10. The van der Waals surface area contributed by atoms with Gasteiger partial charge in [0.1, 0.15) is 18.4 Å². The van der Waals surface area contributed by atoms with Gasteiger partial charge >= 0.3 is 5.97 Å². The van der Waals surface area contributed by atoms with Crippen molar-refractivity contribution >= 4 is 22.8 Å². The Labute approximate surface area is 154 Å². The summed E-state index contributed by atoms with van der Waals surface area (Å²) in [5.41, 5.74) is 2.98. The van der Waals surface area contributed by atoms with Gasteiger partial charge in [0, 0.05) is 29.2 Å². The van der Waals surface area contributed by atoms with E-state index >= 15 is 0 Å². The number of benzene rings is 1. The number of amides is 1. The third-order valence-corrected chi connectivity index (χ3v) is 4.89. The summed E-state index contributed by atoms with van der Waals surface area (Å²) in [5.74, 6) is -1.38. The highest BCUT2D eigenvalue weighted by atomic mass is 19.1. The van der Waals surface area contributed by atoms with Crippen LogP contribution in [0.25, 0.3) is 10.9 Å². The van der Waals surface area contributed by atoms with Crippen LogP contribution in [0.1, 0.15) is 23.0 Å². The average molecular weight is 368 g/mol. The third-order valence-electron chi connectivity index (χ3n) is 4.89. The summed E-state index contributed by atoms with van der Waals surface area (Å²) < 4.78 is 18.3. The minimum Gasteiger partial charge on any atom is -0.467 e. The van der Waals surface area contributed by atoms with Crippen molar-refractivity contribution in [2.24, 2.45) is 0 Å². The van der Waals surface area contributed by atoms with Crippen LogP contribution in [0.15, 0.2) is 42.9 Å². The molecule has 1 amide bonds. The lowest BCUT2D eigenvalue weighted by Gasteiger charge is -2.39. The van der Waals surface area contributed by atoms with Gasteiger partial charge in [0.2, 0.25) is 0 Å². The Kier molecular flexibility index (Phi) is 4.31. The third kappa shape index (κ3) is 2.73. The number of halogens is 1. The van der Waals surface area contributed by atoms with Crippen LogP contribution < -0.4 is 0 Å². The molecule has 8 heteroatoms. The van der Waals surface area contributed by atoms with Crippen molar-refractivity contribution in [1.82, 2.24) is 19.9 Å². The second kappa shape index (κ2) is 6.79. The van der Waals surface area contributed by atoms with Gasteiger partial charge < -0.3 is 14.6 Å². The number of alkyl halides is 1. The molecular formula is C19H17FN4O3. The number of ether oxygens (including phenoxy) is 1. The van der Waals surface area contributed by atoms with Crippen LogP contribution in [0.5, 0.6) is 0 Å². The number of fused-ring (bicyclic) bond motifs is 3. The van der Waals surface area contributed by atoms with E-state index in [0.717, 1.165) is 22.2 Å². The highest BCUT2D eigenvalue weighted by Gasteiger charge is 2.44. The summed E-state index contributed by atoms with van der Waals surface area (Å²) in [5, 5.41) is 0.952. The number of nitrogens with zero attached hydrogens (tertiary/aromatic N) is 3. The van der Waals surface area contributed by atoms with E-state index in [0.29, 0.717) is 5.69 Å². The molecule has 0 fully saturated rings. The van der Waals surface area contributed by atoms with Crippen molar-refractivity contribution in [3.05, 3.63) is 59.8 Å². The predicted molar refractivity (Wildman–Crippen MR) is 94.5 cm³/mol. The molecule has 1 aliphatic rings. The molecule has 27 heavy (non-hydrogen) atoms. The highest BCUT2D eigenvalue weighted by Crippen LogP contribution is 2.40. The largest absolute Gasteiger partial charge is 0.467 e. The molecule has 0 aliphatic carbocycles. The first-order chi connectivity index (χ1) is 13.2. The zero-order valence-corrected chi connectivity index (χ0v) is 14.6. The van der Waals surface area contributed by atoms with Gasteiger partial charge in [0.15, 0.2) is 6.67 Å². The Bertz CT molecular complexity index is 1000. The Morgan fingerprint density at radius 1 is 1.33 bits per heavy atom. The molecule has 0 radical (unpaired) electrons. The summed E-state index contributed by atoms with van der Waals surface area (Å²) in [6, 6.07) is 7.63. The van der Waals surface area contributed by atoms with Gasteiger partial charge in [-0.05, 0) is 17.7 Å². The second-order valence-corrected chi connectivity index (χ2v) is 6.28. The topological polar surface area (TPSA) is 88.2 Å². The van der Waals surface area contributed by atoms with E-state index in [9.17, 15) is 14.0 Å². The minimum atomic E-state index is -1.22. The number of rotatable bonds is 3. The number of para-hydroxylation sites is 1. The summed E-state index contributed by atoms with van der Waals surface area (Å²) in [6.45, 7) is -1.22. The number of methoxy groups -OCH3 is 1. The van der Waals surface area contributed by atoms with E-state index in [2.05, 4.69) is 15.0 Å². The van der Waals surface area contributed by atoms with E-state index in [1.54, 1.807) is 12.3 Å². The van der Waals surface area contributed by atoms with Crippen LogP contribution >= 0.6 is 0 Å². The summed E-state index contributed by atoms with van der Waals surface area (Å²) in [7, 11) is 1.25. The fourth-order valence-electron chi connectivity index (χ4n) is 3.76. The maximum atomic E-state index is 13.4. The predicted octanol–water partition coefficient (Wildman–Crippen LogP) is 1.94. The minimum absolute atomic E-state index is 0.235. The second-order valence-electron chi connectivity index (χ2n) is 6.28. The number of carbonyl (C=O) groups excluding carboxylic acids is 2. The van der Waals surface area contributed by atoms with Crippen molar-refractivity contribution in [2.75, 3.05) is 13.8 Å². The van der Waals surface area contributed by atoms with Crippen LogP contribution in [-0.4, -0.2) is 51.6 Å². The number of nitrogens with one attached hydrogen (secondary N) is 1. The van der Waals surface area contributed by atoms with E-state index in [4.69, 9.17) is 4.74 Å². The maximum Gasteiger partial charge on any atom is 0.328 e. The maximum absolute atomic E-state index is 13.4. The molecule has 2 atom stereocenters. The zero-order chi connectivity index (χ0) is 19.0. The van der Waals surface area contributed by atoms with E-state index in [1.807, 2.05) is 24.3 Å². The summed E-state index contributed by atoms with van der Waals surface area (Å²) in [6.07, 6.45) is 3.14. The van der Waals surface area contributed by atoms with Crippen LogP contribution in [0.4, 0.5) is 4.39 Å². The molecular weight excluding hydrogens is 351 g/mol. The number of aromatic nitrogens is 3. The lowest BCUT2D eigenvalue weighted by molar-refractivity contribution is -0.155. The van der Waals surface area contributed by atoms with Crippen LogP contribution in [-0.2, 0) is 20.7 Å². The number of hydrogen-bond acceptors (Lipinski definition) is 5. The molecule has 3 aromatic rings. The first-order valence-corrected chi connectivity index (χ1v) is 8.46. The highest BCUT2D eigenvalue weighted by molar-refractivity contribution is 5.91. The van der Waals surface area contributed by atoms with Gasteiger partial charge in [0.25, 0.3) is 5.91 Å². The monoisotopic (exact) mass is 368 g/mol. The van der Waals surface area contributed by atoms with E-state index < -0.39 is 30.6 Å². The van der Waals surface area contributed by atoms with Gasteiger partial charge in [-0.25, -0.2) is 19.2 Å². The number of H-pyrrole nitrogens is 1. The van der Waals surface area contributed by atoms with E-state index in [-0.39, 0.29) is 6.42 Å². The Hall–Kier alpha value is -3.29. The van der Waals surface area contributed by atoms with Crippen LogP contribution in [0, 0.1) is 0 Å². The smallest absolute Gasteiger partial charge is 0.328 e. The zero-order valence-electron chi connectivity index (χ0n) is 14.6. The first kappa shape index (κ1) is 17.1. The molecule has 4 rings (SSSR count). The molecule has 0 bridgehead atoms. The van der Waals surface area contributed by atoms with Crippen LogP contribution in [0.3, 0.4) is 0 Å². The summed E-state index contributed by atoms with van der Waals surface area (Å²) in [4.78, 5) is 37.7. The molecule has 0 saturated heterocycles. The molecule has 7 nitrogen and oxygen atoms in total. The lowest BCUT2D eigenvalue weighted by atomic mass is 9.89. The molecule has 1 aromatic carbocycles. The summed E-state index contributed by atoms with van der Waals surface area (Å²) >= 11 is 0. The fourth-order valence-corrected chi connectivity index (χ4v) is 3.76. The Balaban J connectivity index is 1.98. The first-order valence-electron chi connectivity index (χ1n) is 8.46. The van der Waals surface area contributed by atoms with Gasteiger partial charge in [-0.2, -0.15) is 0 Å². The van der Waals surface area contributed by atoms with Crippen molar-refractivity contribution in [1.29, 1.82) is 0 Å². The number of aromatic amines is 1.